The van der Waals surface area contributed by atoms with Gasteiger partial charge in [0.1, 0.15) is 5.75 Å². The van der Waals surface area contributed by atoms with Gasteiger partial charge in [-0.2, -0.15) is 0 Å². The van der Waals surface area contributed by atoms with Gasteiger partial charge in [0.2, 0.25) is 0 Å². The van der Waals surface area contributed by atoms with Crippen molar-refractivity contribution < 1.29 is 9.53 Å². The summed E-state index contributed by atoms with van der Waals surface area (Å²) in [5, 5.41) is 6.01. The fourth-order valence-electron chi connectivity index (χ4n) is 1.97. The predicted molar refractivity (Wildman–Crippen MR) is 82.0 cm³/mol. The maximum Gasteiger partial charge on any atom is 0.260 e. The van der Waals surface area contributed by atoms with Crippen molar-refractivity contribution >= 4 is 5.91 Å². The second-order valence-electron chi connectivity index (χ2n) is 5.00. The molecule has 1 aromatic rings. The number of aryl methyl sites for hydroxylation is 1. The van der Waals surface area contributed by atoms with Crippen LogP contribution in [0.3, 0.4) is 0 Å². The van der Waals surface area contributed by atoms with Gasteiger partial charge in [-0.05, 0) is 32.9 Å². The average molecular weight is 278 g/mol. The molecule has 0 radical (unpaired) electrons. The lowest BCUT2D eigenvalue weighted by Gasteiger charge is -2.19. The highest BCUT2D eigenvalue weighted by atomic mass is 16.5. The average Bonchev–Trinajstić information content (AvgIpc) is 2.43. The molecule has 0 heterocycles. The zero-order chi connectivity index (χ0) is 15.0. The molecular weight excluding hydrogens is 252 g/mol. The van der Waals surface area contributed by atoms with E-state index in [1.54, 1.807) is 6.92 Å². The van der Waals surface area contributed by atoms with Crippen LogP contribution in [0.1, 0.15) is 37.8 Å². The van der Waals surface area contributed by atoms with Gasteiger partial charge >= 0.3 is 0 Å². The first-order valence-corrected chi connectivity index (χ1v) is 7.27. The van der Waals surface area contributed by atoms with E-state index in [9.17, 15) is 4.79 Å². The highest BCUT2D eigenvalue weighted by molar-refractivity contribution is 5.80. The molecule has 0 aliphatic heterocycles. The van der Waals surface area contributed by atoms with Crippen LogP contribution in [0.5, 0.6) is 5.75 Å². The summed E-state index contributed by atoms with van der Waals surface area (Å²) < 4.78 is 5.87. The number of para-hydroxylation sites is 1. The summed E-state index contributed by atoms with van der Waals surface area (Å²) in [4.78, 5) is 12.0. The summed E-state index contributed by atoms with van der Waals surface area (Å²) in [7, 11) is 1.90. The fraction of sp³-hybridized carbons (Fsp3) is 0.562. The molecule has 20 heavy (non-hydrogen) atoms. The van der Waals surface area contributed by atoms with Crippen LogP contribution in [0.4, 0.5) is 0 Å². The highest BCUT2D eigenvalue weighted by Crippen LogP contribution is 2.24. The molecule has 0 aliphatic carbocycles. The van der Waals surface area contributed by atoms with E-state index in [0.29, 0.717) is 6.54 Å². The Labute approximate surface area is 121 Å². The van der Waals surface area contributed by atoms with E-state index in [1.807, 2.05) is 32.2 Å². The maximum absolute atomic E-state index is 12.0. The van der Waals surface area contributed by atoms with Gasteiger partial charge in [0.15, 0.2) is 6.10 Å². The van der Waals surface area contributed by atoms with E-state index >= 15 is 0 Å². The number of amides is 1. The van der Waals surface area contributed by atoms with Crippen LogP contribution in [-0.2, 0) is 11.3 Å². The second kappa shape index (κ2) is 8.59. The quantitative estimate of drug-likeness (QED) is 0.718. The summed E-state index contributed by atoms with van der Waals surface area (Å²) in [5.74, 6) is 0.747. The molecule has 1 atom stereocenters. The smallest absolute Gasteiger partial charge is 0.260 e. The van der Waals surface area contributed by atoms with Crippen LogP contribution in [-0.4, -0.2) is 25.6 Å². The topological polar surface area (TPSA) is 50.4 Å². The summed E-state index contributed by atoms with van der Waals surface area (Å²) in [5.41, 5.74) is 2.12. The van der Waals surface area contributed by atoms with Gasteiger partial charge in [-0.25, -0.2) is 0 Å². The Balaban J connectivity index is 2.69. The van der Waals surface area contributed by atoms with Crippen LogP contribution in [0, 0.1) is 6.92 Å². The summed E-state index contributed by atoms with van der Waals surface area (Å²) >= 11 is 0. The Morgan fingerprint density at radius 2 is 2.15 bits per heavy atom. The van der Waals surface area contributed by atoms with Gasteiger partial charge in [0.05, 0.1) is 0 Å². The van der Waals surface area contributed by atoms with Gasteiger partial charge in [0, 0.05) is 18.7 Å². The van der Waals surface area contributed by atoms with Gasteiger partial charge in [-0.1, -0.05) is 31.5 Å². The van der Waals surface area contributed by atoms with Crippen LogP contribution >= 0.6 is 0 Å². The predicted octanol–water partition coefficient (Wildman–Crippen LogP) is 2.40. The monoisotopic (exact) mass is 278 g/mol. The summed E-state index contributed by atoms with van der Waals surface area (Å²) in [6.45, 7) is 7.32. The number of rotatable bonds is 8. The first-order valence-electron chi connectivity index (χ1n) is 7.27. The maximum atomic E-state index is 12.0. The first-order chi connectivity index (χ1) is 9.60. The number of ether oxygens (including phenoxy) is 1. The number of carbonyl (C=O) groups is 1. The van der Waals surface area contributed by atoms with Gasteiger partial charge in [0.25, 0.3) is 5.91 Å². The first kappa shape index (κ1) is 16.5. The zero-order valence-electron chi connectivity index (χ0n) is 13.0. The lowest BCUT2D eigenvalue weighted by Crippen LogP contribution is -2.37. The summed E-state index contributed by atoms with van der Waals surface area (Å²) in [6, 6.07) is 6.01. The standard InChI is InChI=1S/C16H26N2O2/c1-5-6-10-18-16(19)13(3)20-15-12(2)8-7-9-14(15)11-17-4/h7-9,13,17H,5-6,10-11H2,1-4H3,(H,18,19). The molecule has 0 aromatic heterocycles. The number of unbranched alkanes of at least 4 members (excludes halogenated alkanes) is 1. The van der Waals surface area contributed by atoms with Crippen LogP contribution < -0.4 is 15.4 Å². The van der Waals surface area contributed by atoms with E-state index in [-0.39, 0.29) is 5.91 Å². The molecule has 0 aliphatic rings. The van der Waals surface area contributed by atoms with E-state index in [1.165, 1.54) is 0 Å². The minimum absolute atomic E-state index is 0.0582. The fourth-order valence-corrected chi connectivity index (χ4v) is 1.97. The Morgan fingerprint density at radius 1 is 1.40 bits per heavy atom. The van der Waals surface area contributed by atoms with Crippen molar-refractivity contribution in [3.63, 3.8) is 0 Å². The Morgan fingerprint density at radius 3 is 2.80 bits per heavy atom. The number of hydrogen-bond donors (Lipinski definition) is 2. The van der Waals surface area contributed by atoms with Gasteiger partial charge in [-0.15, -0.1) is 0 Å². The Hall–Kier alpha value is -1.55. The second-order valence-corrected chi connectivity index (χ2v) is 5.00. The molecule has 1 rings (SSSR count). The normalized spacial score (nSPS) is 12.0. The van der Waals surface area contributed by atoms with Crippen molar-refractivity contribution in [1.82, 2.24) is 10.6 Å². The lowest BCUT2D eigenvalue weighted by atomic mass is 10.1. The van der Waals surface area contributed by atoms with Crippen LogP contribution in [0.2, 0.25) is 0 Å². The molecule has 0 spiro atoms. The van der Waals surface area contributed by atoms with Crippen LogP contribution in [0.15, 0.2) is 18.2 Å². The molecule has 4 nitrogen and oxygen atoms in total. The molecule has 0 fully saturated rings. The SMILES string of the molecule is CCCCNC(=O)C(C)Oc1c(C)cccc1CNC. The minimum Gasteiger partial charge on any atom is -0.480 e. The molecular formula is C16H26N2O2. The van der Waals surface area contributed by atoms with Crippen molar-refractivity contribution in [2.45, 2.75) is 46.3 Å². The third-order valence-electron chi connectivity index (χ3n) is 3.15. The third kappa shape index (κ3) is 4.85. The molecule has 4 heteroatoms. The molecule has 112 valence electrons. The van der Waals surface area contributed by atoms with Crippen molar-refractivity contribution in [3.8, 4) is 5.75 Å². The van der Waals surface area contributed by atoms with Crippen molar-refractivity contribution in [2.24, 2.45) is 0 Å². The molecule has 1 aromatic carbocycles. The van der Waals surface area contributed by atoms with E-state index in [4.69, 9.17) is 4.74 Å². The third-order valence-corrected chi connectivity index (χ3v) is 3.15. The van der Waals surface area contributed by atoms with Gasteiger partial charge < -0.3 is 15.4 Å². The van der Waals surface area contributed by atoms with E-state index < -0.39 is 6.10 Å². The number of nitrogens with one attached hydrogen (secondary N) is 2. The van der Waals surface area contributed by atoms with Crippen molar-refractivity contribution in [2.75, 3.05) is 13.6 Å². The van der Waals surface area contributed by atoms with E-state index in [0.717, 1.165) is 36.3 Å². The molecule has 1 amide bonds. The molecule has 2 N–H and O–H groups in total. The Kier molecular flexibility index (Phi) is 7.09. The minimum atomic E-state index is -0.483. The molecule has 0 saturated heterocycles. The largest absolute Gasteiger partial charge is 0.480 e. The van der Waals surface area contributed by atoms with Crippen molar-refractivity contribution in [1.29, 1.82) is 0 Å². The molecule has 0 bridgehead atoms. The lowest BCUT2D eigenvalue weighted by molar-refractivity contribution is -0.127. The van der Waals surface area contributed by atoms with Gasteiger partial charge in [-0.3, -0.25) is 4.79 Å². The number of hydrogen-bond acceptors (Lipinski definition) is 3. The van der Waals surface area contributed by atoms with Crippen molar-refractivity contribution in [3.05, 3.63) is 29.3 Å². The van der Waals surface area contributed by atoms with Crippen LogP contribution in [0.25, 0.3) is 0 Å². The Bertz CT molecular complexity index is 432. The highest BCUT2D eigenvalue weighted by Gasteiger charge is 2.16. The summed E-state index contributed by atoms with van der Waals surface area (Å²) in [6.07, 6.45) is 1.58. The number of carbonyl (C=O) groups excluding carboxylic acids is 1. The molecule has 0 saturated carbocycles. The van der Waals surface area contributed by atoms with E-state index in [2.05, 4.69) is 17.6 Å². The number of benzene rings is 1. The zero-order valence-corrected chi connectivity index (χ0v) is 13.0. The molecule has 1 unspecified atom stereocenters.